The monoisotopic (exact) mass is 314 g/mol. The lowest BCUT2D eigenvalue weighted by Gasteiger charge is -2.22. The van der Waals surface area contributed by atoms with E-state index in [0.717, 1.165) is 19.3 Å². The molecule has 0 N–H and O–H groups in total. The number of amides is 2. The number of ether oxygens (including phenoxy) is 1. The molecule has 0 aromatic heterocycles. The van der Waals surface area contributed by atoms with Crippen LogP contribution in [-0.4, -0.2) is 54.1 Å². The van der Waals surface area contributed by atoms with Gasteiger partial charge in [-0.05, 0) is 29.9 Å². The number of fused-ring (bicyclic) bond motifs is 1. The third-order valence-electron chi connectivity index (χ3n) is 5.41. The molecule has 0 saturated carbocycles. The molecule has 23 heavy (non-hydrogen) atoms. The van der Waals surface area contributed by atoms with E-state index in [4.69, 9.17) is 4.74 Å². The fourth-order valence-corrected chi connectivity index (χ4v) is 4.23. The number of hydrogen-bond donors (Lipinski definition) is 0. The highest BCUT2D eigenvalue weighted by Gasteiger charge is 2.49. The van der Waals surface area contributed by atoms with Crippen molar-refractivity contribution in [2.75, 3.05) is 26.7 Å². The van der Waals surface area contributed by atoms with Crippen LogP contribution in [0, 0.1) is 5.92 Å². The van der Waals surface area contributed by atoms with Crippen LogP contribution in [0.2, 0.25) is 0 Å². The maximum absolute atomic E-state index is 12.6. The maximum atomic E-state index is 12.6. The van der Waals surface area contributed by atoms with Gasteiger partial charge in [-0.25, -0.2) is 4.79 Å². The number of likely N-dealkylation sites (N-methyl/N-ethyl adjacent to an activating group) is 1. The van der Waals surface area contributed by atoms with Crippen molar-refractivity contribution in [1.82, 2.24) is 9.80 Å². The Labute approximate surface area is 136 Å². The smallest absolute Gasteiger partial charge is 0.410 e. The Balaban J connectivity index is 1.36. The molecular weight excluding hydrogens is 292 g/mol. The van der Waals surface area contributed by atoms with Gasteiger partial charge in [-0.15, -0.1) is 0 Å². The first-order chi connectivity index (χ1) is 11.0. The Morgan fingerprint density at radius 3 is 2.57 bits per heavy atom. The van der Waals surface area contributed by atoms with Gasteiger partial charge < -0.3 is 14.5 Å². The fourth-order valence-electron chi connectivity index (χ4n) is 4.23. The Hall–Kier alpha value is -2.04. The van der Waals surface area contributed by atoms with Crippen molar-refractivity contribution in [3.8, 4) is 0 Å². The molecule has 1 aromatic carbocycles. The van der Waals surface area contributed by atoms with Gasteiger partial charge >= 0.3 is 6.09 Å². The van der Waals surface area contributed by atoms with Crippen LogP contribution in [0.1, 0.15) is 24.0 Å². The summed E-state index contributed by atoms with van der Waals surface area (Å²) in [5.74, 6) is 0.607. The summed E-state index contributed by atoms with van der Waals surface area (Å²) >= 11 is 0. The highest BCUT2D eigenvalue weighted by molar-refractivity contribution is 5.78. The summed E-state index contributed by atoms with van der Waals surface area (Å²) in [5, 5.41) is 0. The lowest BCUT2D eigenvalue weighted by Crippen LogP contribution is -2.39. The number of hydrogen-bond acceptors (Lipinski definition) is 3. The lowest BCUT2D eigenvalue weighted by molar-refractivity contribution is -0.131. The standard InChI is InChI=1S/C18H22N2O3/c1-19-11-18(23-17(19)22)6-7-20(12-18)16(21)10-13-8-14-4-2-3-5-15(14)9-13/h2-5,13H,6-12H2,1H3/t18-/m0/s1. The van der Waals surface area contributed by atoms with Gasteiger partial charge in [0.25, 0.3) is 0 Å². The second-order valence-electron chi connectivity index (χ2n) is 7.22. The first-order valence-corrected chi connectivity index (χ1v) is 8.33. The van der Waals surface area contributed by atoms with E-state index in [1.54, 1.807) is 11.9 Å². The van der Waals surface area contributed by atoms with Gasteiger partial charge in [-0.3, -0.25) is 4.79 Å². The average Bonchev–Trinajstić information content (AvgIpc) is 3.17. The molecule has 5 nitrogen and oxygen atoms in total. The molecule has 3 aliphatic rings. The van der Waals surface area contributed by atoms with Crippen molar-refractivity contribution < 1.29 is 14.3 Å². The van der Waals surface area contributed by atoms with Crippen molar-refractivity contribution >= 4 is 12.0 Å². The first-order valence-electron chi connectivity index (χ1n) is 8.33. The minimum atomic E-state index is -0.472. The summed E-state index contributed by atoms with van der Waals surface area (Å²) in [6, 6.07) is 8.47. The molecule has 1 aliphatic carbocycles. The molecule has 0 unspecified atom stereocenters. The summed E-state index contributed by atoms with van der Waals surface area (Å²) < 4.78 is 5.52. The molecule has 2 aliphatic heterocycles. The van der Waals surface area contributed by atoms with Crippen LogP contribution in [0.5, 0.6) is 0 Å². The highest BCUT2D eigenvalue weighted by atomic mass is 16.6. The van der Waals surface area contributed by atoms with Crippen LogP contribution in [0.4, 0.5) is 4.79 Å². The summed E-state index contributed by atoms with van der Waals surface area (Å²) in [7, 11) is 1.75. The Kier molecular flexibility index (Phi) is 3.32. The number of rotatable bonds is 2. The van der Waals surface area contributed by atoms with Crippen LogP contribution in [0.3, 0.4) is 0 Å². The minimum Gasteiger partial charge on any atom is -0.439 e. The molecular formula is C18H22N2O3. The summed E-state index contributed by atoms with van der Waals surface area (Å²) in [6.45, 7) is 1.83. The molecule has 2 heterocycles. The van der Waals surface area contributed by atoms with Crippen LogP contribution < -0.4 is 0 Å². The third kappa shape index (κ3) is 2.58. The second-order valence-corrected chi connectivity index (χ2v) is 7.22. The van der Waals surface area contributed by atoms with E-state index in [1.165, 1.54) is 11.1 Å². The van der Waals surface area contributed by atoms with E-state index in [0.29, 0.717) is 32.0 Å². The summed E-state index contributed by atoms with van der Waals surface area (Å²) in [5.41, 5.74) is 2.30. The van der Waals surface area contributed by atoms with Crippen molar-refractivity contribution in [2.24, 2.45) is 5.92 Å². The van der Waals surface area contributed by atoms with Gasteiger partial charge in [0.2, 0.25) is 5.91 Å². The summed E-state index contributed by atoms with van der Waals surface area (Å²) in [6.07, 6.45) is 3.07. The van der Waals surface area contributed by atoms with Crippen LogP contribution in [0.15, 0.2) is 24.3 Å². The van der Waals surface area contributed by atoms with E-state index in [1.807, 2.05) is 4.90 Å². The molecule has 0 radical (unpaired) electrons. The maximum Gasteiger partial charge on any atom is 0.410 e. The Bertz CT molecular complexity index is 634. The Morgan fingerprint density at radius 1 is 1.26 bits per heavy atom. The van der Waals surface area contributed by atoms with Gasteiger partial charge in [0.1, 0.15) is 0 Å². The molecule has 0 bridgehead atoms. The van der Waals surface area contributed by atoms with E-state index in [2.05, 4.69) is 24.3 Å². The molecule has 5 heteroatoms. The van der Waals surface area contributed by atoms with Crippen LogP contribution in [0.25, 0.3) is 0 Å². The molecule has 4 rings (SSSR count). The van der Waals surface area contributed by atoms with E-state index in [-0.39, 0.29) is 12.0 Å². The van der Waals surface area contributed by atoms with Gasteiger partial charge in [-0.1, -0.05) is 24.3 Å². The largest absolute Gasteiger partial charge is 0.439 e. The van der Waals surface area contributed by atoms with Crippen molar-refractivity contribution in [3.05, 3.63) is 35.4 Å². The molecule has 122 valence electrons. The van der Waals surface area contributed by atoms with Gasteiger partial charge in [0.15, 0.2) is 5.60 Å². The van der Waals surface area contributed by atoms with E-state index >= 15 is 0 Å². The fraction of sp³-hybridized carbons (Fsp3) is 0.556. The van der Waals surface area contributed by atoms with Crippen LogP contribution >= 0.6 is 0 Å². The zero-order valence-electron chi connectivity index (χ0n) is 13.5. The highest BCUT2D eigenvalue weighted by Crippen LogP contribution is 2.34. The quantitative estimate of drug-likeness (QED) is 0.837. The summed E-state index contributed by atoms with van der Waals surface area (Å²) in [4.78, 5) is 27.7. The lowest BCUT2D eigenvalue weighted by atomic mass is 10.0. The minimum absolute atomic E-state index is 0.199. The number of nitrogens with zero attached hydrogens (tertiary/aromatic N) is 2. The number of benzene rings is 1. The Morgan fingerprint density at radius 2 is 1.96 bits per heavy atom. The first kappa shape index (κ1) is 14.5. The molecule has 1 aromatic rings. The van der Waals surface area contributed by atoms with E-state index in [9.17, 15) is 9.59 Å². The predicted octanol–water partition coefficient (Wildman–Crippen LogP) is 1.84. The average molecular weight is 314 g/mol. The normalized spacial score (nSPS) is 26.9. The third-order valence-corrected chi connectivity index (χ3v) is 5.41. The van der Waals surface area contributed by atoms with Crippen molar-refractivity contribution in [3.63, 3.8) is 0 Å². The molecule has 2 amide bonds. The zero-order chi connectivity index (χ0) is 16.0. The van der Waals surface area contributed by atoms with Gasteiger partial charge in [0, 0.05) is 26.4 Å². The van der Waals surface area contributed by atoms with Gasteiger partial charge in [0.05, 0.1) is 13.1 Å². The topological polar surface area (TPSA) is 49.9 Å². The van der Waals surface area contributed by atoms with Crippen LogP contribution in [-0.2, 0) is 22.4 Å². The zero-order valence-corrected chi connectivity index (χ0v) is 13.5. The molecule has 2 saturated heterocycles. The molecule has 2 fully saturated rings. The van der Waals surface area contributed by atoms with Crippen molar-refractivity contribution in [2.45, 2.75) is 31.3 Å². The second kappa shape index (κ2) is 5.25. The molecule has 1 spiro atoms. The number of carbonyl (C=O) groups excluding carboxylic acids is 2. The predicted molar refractivity (Wildman–Crippen MR) is 85.0 cm³/mol. The molecule has 1 atom stereocenters. The van der Waals surface area contributed by atoms with Crippen molar-refractivity contribution in [1.29, 1.82) is 0 Å². The van der Waals surface area contributed by atoms with E-state index < -0.39 is 5.60 Å². The number of likely N-dealkylation sites (tertiary alicyclic amines) is 1. The number of carbonyl (C=O) groups is 2. The van der Waals surface area contributed by atoms with Gasteiger partial charge in [-0.2, -0.15) is 0 Å². The SMILES string of the molecule is CN1C[C@]2(CCN(C(=O)CC3Cc4ccccc4C3)C2)OC1=O.